The predicted octanol–water partition coefficient (Wildman–Crippen LogP) is 3.21. The molecular formula is C22H29N5O. The van der Waals surface area contributed by atoms with Crippen molar-refractivity contribution in [3.63, 3.8) is 0 Å². The quantitative estimate of drug-likeness (QED) is 0.816. The zero-order valence-corrected chi connectivity index (χ0v) is 16.6. The molecule has 2 aliphatic rings. The van der Waals surface area contributed by atoms with Crippen LogP contribution >= 0.6 is 0 Å². The Morgan fingerprint density at radius 2 is 1.89 bits per heavy atom. The van der Waals surface area contributed by atoms with Gasteiger partial charge in [-0.3, -0.25) is 4.79 Å². The van der Waals surface area contributed by atoms with Crippen LogP contribution in [0.5, 0.6) is 0 Å². The van der Waals surface area contributed by atoms with E-state index < -0.39 is 0 Å². The number of nitrogens with zero attached hydrogens (tertiary/aromatic N) is 5. The van der Waals surface area contributed by atoms with Gasteiger partial charge in [0, 0.05) is 45.0 Å². The fourth-order valence-electron chi connectivity index (χ4n) is 4.29. The summed E-state index contributed by atoms with van der Waals surface area (Å²) < 4.78 is 0. The first-order valence-corrected chi connectivity index (χ1v) is 10.4. The number of aromatic nitrogens is 2. The minimum Gasteiger partial charge on any atom is -0.367 e. The van der Waals surface area contributed by atoms with Crippen molar-refractivity contribution in [2.45, 2.75) is 38.6 Å². The van der Waals surface area contributed by atoms with Gasteiger partial charge in [0.2, 0.25) is 0 Å². The van der Waals surface area contributed by atoms with Gasteiger partial charge >= 0.3 is 0 Å². The van der Waals surface area contributed by atoms with Crippen molar-refractivity contribution >= 4 is 17.4 Å². The highest BCUT2D eigenvalue weighted by atomic mass is 16.2. The molecule has 28 heavy (non-hydrogen) atoms. The van der Waals surface area contributed by atoms with Crippen molar-refractivity contribution in [2.24, 2.45) is 0 Å². The molecule has 6 heteroatoms. The van der Waals surface area contributed by atoms with E-state index in [1.165, 1.54) is 19.3 Å². The van der Waals surface area contributed by atoms with Crippen LogP contribution in [0, 0.1) is 0 Å². The van der Waals surface area contributed by atoms with Gasteiger partial charge in [0.15, 0.2) is 0 Å². The zero-order valence-electron chi connectivity index (χ0n) is 16.6. The standard InChI is InChI=1S/C22H29N5O/c1-2-18-7-4-6-12-27(18)19-9-10-20(24-17-19)22(28)26-15-13-25(14-16-26)21-8-3-5-11-23-21/h3,5,8-11,17-18H,2,4,6-7,12-16H2,1H3. The minimum atomic E-state index is 0.0258. The summed E-state index contributed by atoms with van der Waals surface area (Å²) in [5, 5.41) is 0. The molecular weight excluding hydrogens is 350 g/mol. The SMILES string of the molecule is CCC1CCCCN1c1ccc(C(=O)N2CCN(c3ccccn3)CC2)nc1. The third-order valence-corrected chi connectivity index (χ3v) is 5.94. The Hall–Kier alpha value is -2.63. The van der Waals surface area contributed by atoms with Crippen LogP contribution in [0.15, 0.2) is 42.7 Å². The van der Waals surface area contributed by atoms with E-state index in [-0.39, 0.29) is 5.91 Å². The number of hydrogen-bond donors (Lipinski definition) is 0. The minimum absolute atomic E-state index is 0.0258. The van der Waals surface area contributed by atoms with Crippen LogP contribution in [0.3, 0.4) is 0 Å². The van der Waals surface area contributed by atoms with Crippen molar-refractivity contribution in [2.75, 3.05) is 42.5 Å². The lowest BCUT2D eigenvalue weighted by atomic mass is 9.99. The predicted molar refractivity (Wildman–Crippen MR) is 112 cm³/mol. The second kappa shape index (κ2) is 8.59. The van der Waals surface area contributed by atoms with E-state index in [1.54, 1.807) is 0 Å². The van der Waals surface area contributed by atoms with Gasteiger partial charge in [0.1, 0.15) is 11.5 Å². The Bertz CT molecular complexity index is 771. The van der Waals surface area contributed by atoms with Crippen LogP contribution in [0.1, 0.15) is 43.1 Å². The molecule has 6 nitrogen and oxygen atoms in total. The first-order valence-electron chi connectivity index (χ1n) is 10.4. The molecule has 2 saturated heterocycles. The first kappa shape index (κ1) is 18.7. The molecule has 4 rings (SSSR count). The number of rotatable bonds is 4. The molecule has 0 aliphatic carbocycles. The summed E-state index contributed by atoms with van der Waals surface area (Å²) in [5.74, 6) is 1.00. The molecule has 0 spiro atoms. The van der Waals surface area contributed by atoms with E-state index in [0.717, 1.165) is 37.6 Å². The van der Waals surface area contributed by atoms with Gasteiger partial charge in [-0.2, -0.15) is 0 Å². The highest BCUT2D eigenvalue weighted by Gasteiger charge is 2.25. The molecule has 0 N–H and O–H groups in total. The molecule has 1 unspecified atom stereocenters. The van der Waals surface area contributed by atoms with E-state index in [2.05, 4.69) is 32.8 Å². The van der Waals surface area contributed by atoms with Crippen LogP contribution in [-0.2, 0) is 0 Å². The Labute approximate surface area is 167 Å². The maximum absolute atomic E-state index is 12.9. The van der Waals surface area contributed by atoms with E-state index in [1.807, 2.05) is 41.6 Å². The molecule has 1 amide bonds. The lowest BCUT2D eigenvalue weighted by Crippen LogP contribution is -2.49. The van der Waals surface area contributed by atoms with E-state index in [0.29, 0.717) is 24.8 Å². The molecule has 2 aliphatic heterocycles. The summed E-state index contributed by atoms with van der Waals surface area (Å²) >= 11 is 0. The van der Waals surface area contributed by atoms with Gasteiger partial charge in [0.05, 0.1) is 11.9 Å². The van der Waals surface area contributed by atoms with Crippen molar-refractivity contribution < 1.29 is 4.79 Å². The van der Waals surface area contributed by atoms with E-state index >= 15 is 0 Å². The van der Waals surface area contributed by atoms with Gasteiger partial charge in [-0.05, 0) is 49.9 Å². The average Bonchev–Trinajstić information content (AvgIpc) is 2.79. The van der Waals surface area contributed by atoms with Crippen molar-refractivity contribution in [1.29, 1.82) is 0 Å². The lowest BCUT2D eigenvalue weighted by Gasteiger charge is -2.37. The molecule has 2 fully saturated rings. The third kappa shape index (κ3) is 3.96. The fourth-order valence-corrected chi connectivity index (χ4v) is 4.29. The highest BCUT2D eigenvalue weighted by Crippen LogP contribution is 2.26. The molecule has 0 bridgehead atoms. The molecule has 2 aromatic heterocycles. The smallest absolute Gasteiger partial charge is 0.272 e. The third-order valence-electron chi connectivity index (χ3n) is 5.94. The first-order chi connectivity index (χ1) is 13.8. The molecule has 2 aromatic rings. The van der Waals surface area contributed by atoms with Gasteiger partial charge < -0.3 is 14.7 Å². The number of carbonyl (C=O) groups is 1. The monoisotopic (exact) mass is 379 g/mol. The number of amides is 1. The lowest BCUT2D eigenvalue weighted by molar-refractivity contribution is 0.0740. The summed E-state index contributed by atoms with van der Waals surface area (Å²) in [6.07, 6.45) is 8.63. The van der Waals surface area contributed by atoms with E-state index in [9.17, 15) is 4.79 Å². The Balaban J connectivity index is 1.37. The average molecular weight is 380 g/mol. The molecule has 0 saturated carbocycles. The summed E-state index contributed by atoms with van der Waals surface area (Å²) in [4.78, 5) is 28.4. The number of carbonyl (C=O) groups excluding carboxylic acids is 1. The Morgan fingerprint density at radius 1 is 1.04 bits per heavy atom. The van der Waals surface area contributed by atoms with Crippen LogP contribution in [-0.4, -0.2) is 59.5 Å². The van der Waals surface area contributed by atoms with Gasteiger partial charge in [-0.25, -0.2) is 9.97 Å². The van der Waals surface area contributed by atoms with Crippen molar-refractivity contribution in [1.82, 2.24) is 14.9 Å². The highest BCUT2D eigenvalue weighted by molar-refractivity contribution is 5.92. The van der Waals surface area contributed by atoms with Crippen LogP contribution < -0.4 is 9.80 Å². The van der Waals surface area contributed by atoms with E-state index in [4.69, 9.17) is 0 Å². The Morgan fingerprint density at radius 3 is 2.57 bits per heavy atom. The molecule has 148 valence electrons. The summed E-state index contributed by atoms with van der Waals surface area (Å²) in [5.41, 5.74) is 1.68. The summed E-state index contributed by atoms with van der Waals surface area (Å²) in [6, 6.07) is 10.5. The maximum atomic E-state index is 12.9. The molecule has 4 heterocycles. The zero-order chi connectivity index (χ0) is 19.3. The van der Waals surface area contributed by atoms with Crippen LogP contribution in [0.4, 0.5) is 11.5 Å². The number of pyridine rings is 2. The normalized spacial score (nSPS) is 20.3. The van der Waals surface area contributed by atoms with Crippen LogP contribution in [0.2, 0.25) is 0 Å². The maximum Gasteiger partial charge on any atom is 0.272 e. The topological polar surface area (TPSA) is 52.6 Å². The van der Waals surface area contributed by atoms with Gasteiger partial charge in [-0.15, -0.1) is 0 Å². The number of piperazine rings is 1. The number of piperidine rings is 1. The number of anilines is 2. The second-order valence-corrected chi connectivity index (χ2v) is 7.62. The molecule has 1 atom stereocenters. The summed E-state index contributed by atoms with van der Waals surface area (Å²) in [6.45, 7) is 6.33. The van der Waals surface area contributed by atoms with Gasteiger partial charge in [0.25, 0.3) is 5.91 Å². The van der Waals surface area contributed by atoms with Crippen molar-refractivity contribution in [3.8, 4) is 0 Å². The summed E-state index contributed by atoms with van der Waals surface area (Å²) in [7, 11) is 0. The molecule has 0 radical (unpaired) electrons. The van der Waals surface area contributed by atoms with Crippen LogP contribution in [0.25, 0.3) is 0 Å². The van der Waals surface area contributed by atoms with Crippen molar-refractivity contribution in [3.05, 3.63) is 48.4 Å². The fraction of sp³-hybridized carbons (Fsp3) is 0.500. The van der Waals surface area contributed by atoms with Gasteiger partial charge in [-0.1, -0.05) is 13.0 Å². The molecule has 0 aromatic carbocycles. The number of hydrogen-bond acceptors (Lipinski definition) is 5. The Kier molecular flexibility index (Phi) is 5.74. The second-order valence-electron chi connectivity index (χ2n) is 7.62. The largest absolute Gasteiger partial charge is 0.367 e.